The van der Waals surface area contributed by atoms with Crippen LogP contribution in [0.15, 0.2) is 12.3 Å². The van der Waals surface area contributed by atoms with Gasteiger partial charge in [0.05, 0.1) is 19.5 Å². The lowest BCUT2D eigenvalue weighted by Gasteiger charge is -2.20. The van der Waals surface area contributed by atoms with Gasteiger partial charge in [0.15, 0.2) is 0 Å². The first-order valence-electron chi connectivity index (χ1n) is 8.59. The minimum Gasteiger partial charge on any atom is -0.493 e. The van der Waals surface area contributed by atoms with Gasteiger partial charge < -0.3 is 24.8 Å². The molecule has 5 heteroatoms. The fourth-order valence-electron chi connectivity index (χ4n) is 2.62. The van der Waals surface area contributed by atoms with Crippen LogP contribution in [0.5, 0.6) is 0 Å². The van der Waals surface area contributed by atoms with Crippen molar-refractivity contribution < 1.29 is 24.8 Å². The second-order valence-electron chi connectivity index (χ2n) is 5.99. The van der Waals surface area contributed by atoms with Crippen LogP contribution in [0.2, 0.25) is 0 Å². The SMILES string of the molecule is CCCCCCCCC/C=C/O[C@@H]1CO[C@H]([C@@H](O)CO)[C@@H]1O. The minimum atomic E-state index is -1.07. The van der Waals surface area contributed by atoms with Crippen LogP contribution in [-0.4, -0.2) is 52.9 Å². The molecule has 0 bridgehead atoms. The summed E-state index contributed by atoms with van der Waals surface area (Å²) in [4.78, 5) is 0. The molecule has 1 saturated heterocycles. The number of hydrogen-bond donors (Lipinski definition) is 3. The molecule has 0 unspecified atom stereocenters. The molecule has 1 fully saturated rings. The van der Waals surface area contributed by atoms with Crippen LogP contribution in [0, 0.1) is 0 Å². The molecule has 0 aliphatic carbocycles. The highest BCUT2D eigenvalue weighted by Gasteiger charge is 2.40. The first-order chi connectivity index (χ1) is 10.7. The van der Waals surface area contributed by atoms with E-state index < -0.39 is 31.0 Å². The highest BCUT2D eigenvalue weighted by atomic mass is 16.6. The molecule has 0 aromatic carbocycles. The molecule has 1 rings (SSSR count). The van der Waals surface area contributed by atoms with E-state index in [1.807, 2.05) is 6.08 Å². The Kier molecular flexibility index (Phi) is 10.5. The van der Waals surface area contributed by atoms with Crippen molar-refractivity contribution in [1.29, 1.82) is 0 Å². The van der Waals surface area contributed by atoms with Gasteiger partial charge in [0.25, 0.3) is 0 Å². The van der Waals surface area contributed by atoms with Gasteiger partial charge in [0.2, 0.25) is 0 Å². The van der Waals surface area contributed by atoms with Gasteiger partial charge in [-0.05, 0) is 18.9 Å². The third kappa shape index (κ3) is 7.09. The van der Waals surface area contributed by atoms with Crippen LogP contribution in [-0.2, 0) is 9.47 Å². The number of allylic oxidation sites excluding steroid dienone is 1. The van der Waals surface area contributed by atoms with Gasteiger partial charge in [-0.25, -0.2) is 0 Å². The van der Waals surface area contributed by atoms with Gasteiger partial charge in [-0.3, -0.25) is 0 Å². The summed E-state index contributed by atoms with van der Waals surface area (Å²) in [6.45, 7) is 2.02. The lowest BCUT2D eigenvalue weighted by Crippen LogP contribution is -2.40. The second kappa shape index (κ2) is 11.9. The van der Waals surface area contributed by atoms with Crippen molar-refractivity contribution in [3.05, 3.63) is 12.3 Å². The summed E-state index contributed by atoms with van der Waals surface area (Å²) >= 11 is 0. The largest absolute Gasteiger partial charge is 0.493 e. The van der Waals surface area contributed by atoms with Gasteiger partial charge in [-0.15, -0.1) is 0 Å². The number of aliphatic hydroxyl groups excluding tert-OH is 3. The summed E-state index contributed by atoms with van der Waals surface area (Å²) in [6, 6.07) is 0. The maximum absolute atomic E-state index is 9.94. The van der Waals surface area contributed by atoms with E-state index in [2.05, 4.69) is 6.92 Å². The normalized spacial score (nSPS) is 26.6. The summed E-state index contributed by atoms with van der Waals surface area (Å²) in [5, 5.41) is 28.3. The molecular weight excluding hydrogens is 284 g/mol. The molecule has 130 valence electrons. The highest BCUT2D eigenvalue weighted by molar-refractivity contribution is 4.90. The Morgan fingerprint density at radius 1 is 1.18 bits per heavy atom. The highest BCUT2D eigenvalue weighted by Crippen LogP contribution is 2.20. The van der Waals surface area contributed by atoms with Crippen molar-refractivity contribution in [2.75, 3.05) is 13.2 Å². The number of unbranched alkanes of at least 4 members (excludes halogenated alkanes) is 7. The monoisotopic (exact) mass is 316 g/mol. The zero-order valence-electron chi connectivity index (χ0n) is 13.7. The van der Waals surface area contributed by atoms with Crippen LogP contribution in [0.3, 0.4) is 0 Å². The van der Waals surface area contributed by atoms with Crippen LogP contribution < -0.4 is 0 Å². The lowest BCUT2D eigenvalue weighted by atomic mass is 10.1. The summed E-state index contributed by atoms with van der Waals surface area (Å²) in [5.41, 5.74) is 0. The molecule has 0 amide bonds. The first-order valence-corrected chi connectivity index (χ1v) is 8.59. The van der Waals surface area contributed by atoms with Crippen molar-refractivity contribution in [2.24, 2.45) is 0 Å². The second-order valence-corrected chi connectivity index (χ2v) is 5.99. The van der Waals surface area contributed by atoms with E-state index in [1.54, 1.807) is 6.26 Å². The van der Waals surface area contributed by atoms with E-state index in [-0.39, 0.29) is 6.61 Å². The summed E-state index contributed by atoms with van der Waals surface area (Å²) in [7, 11) is 0. The smallest absolute Gasteiger partial charge is 0.149 e. The number of rotatable bonds is 12. The molecule has 1 heterocycles. The van der Waals surface area contributed by atoms with Crippen molar-refractivity contribution in [1.82, 2.24) is 0 Å². The standard InChI is InChI=1S/C17H32O5/c1-2-3-4-5-6-7-8-9-10-11-21-15-13-22-17(16(15)20)14(19)12-18/h10-11,14-20H,2-9,12-13H2,1H3/b11-10+/t14-,15+,16+,17+/m0/s1. The number of aliphatic hydroxyl groups is 3. The maximum Gasteiger partial charge on any atom is 0.149 e. The van der Waals surface area contributed by atoms with Crippen LogP contribution in [0.4, 0.5) is 0 Å². The Hall–Kier alpha value is -0.620. The van der Waals surface area contributed by atoms with Crippen molar-refractivity contribution in [3.63, 3.8) is 0 Å². The van der Waals surface area contributed by atoms with Crippen LogP contribution in [0.25, 0.3) is 0 Å². The van der Waals surface area contributed by atoms with E-state index in [9.17, 15) is 10.2 Å². The third-order valence-electron chi connectivity index (χ3n) is 4.06. The third-order valence-corrected chi connectivity index (χ3v) is 4.06. The Labute approximate surface area is 133 Å². The quantitative estimate of drug-likeness (QED) is 0.380. The van der Waals surface area contributed by atoms with E-state index >= 15 is 0 Å². The Balaban J connectivity index is 2.04. The molecule has 0 aromatic heterocycles. The van der Waals surface area contributed by atoms with Gasteiger partial charge in [-0.2, -0.15) is 0 Å². The van der Waals surface area contributed by atoms with E-state index in [4.69, 9.17) is 14.6 Å². The van der Waals surface area contributed by atoms with Crippen LogP contribution in [0.1, 0.15) is 58.3 Å². The van der Waals surface area contributed by atoms with Crippen molar-refractivity contribution in [2.45, 2.75) is 82.7 Å². The van der Waals surface area contributed by atoms with Crippen molar-refractivity contribution in [3.8, 4) is 0 Å². The summed E-state index contributed by atoms with van der Waals surface area (Å²) < 4.78 is 10.7. The average Bonchev–Trinajstić information content (AvgIpc) is 2.89. The molecular formula is C17H32O5. The van der Waals surface area contributed by atoms with Crippen molar-refractivity contribution >= 4 is 0 Å². The molecule has 0 saturated carbocycles. The van der Waals surface area contributed by atoms with Gasteiger partial charge in [0.1, 0.15) is 24.4 Å². The molecule has 22 heavy (non-hydrogen) atoms. The molecule has 0 radical (unpaired) electrons. The number of hydrogen-bond acceptors (Lipinski definition) is 5. The molecule has 4 atom stereocenters. The maximum atomic E-state index is 9.94. The molecule has 0 aromatic rings. The fourth-order valence-corrected chi connectivity index (χ4v) is 2.62. The van der Waals surface area contributed by atoms with Crippen LogP contribution >= 0.6 is 0 Å². The van der Waals surface area contributed by atoms with Gasteiger partial charge in [-0.1, -0.05) is 45.4 Å². The van der Waals surface area contributed by atoms with E-state index in [0.717, 1.165) is 12.8 Å². The van der Waals surface area contributed by atoms with Gasteiger partial charge >= 0.3 is 0 Å². The zero-order chi connectivity index (χ0) is 16.2. The average molecular weight is 316 g/mol. The molecule has 0 spiro atoms. The Bertz CT molecular complexity index is 295. The minimum absolute atomic E-state index is 0.227. The lowest BCUT2D eigenvalue weighted by molar-refractivity contribution is -0.0689. The molecule has 1 aliphatic rings. The molecule has 5 nitrogen and oxygen atoms in total. The predicted molar refractivity (Wildman–Crippen MR) is 85.5 cm³/mol. The predicted octanol–water partition coefficient (Wildman–Crippen LogP) is 2.14. The number of ether oxygens (including phenoxy) is 2. The Morgan fingerprint density at radius 2 is 1.86 bits per heavy atom. The topological polar surface area (TPSA) is 79.2 Å². The summed E-state index contributed by atoms with van der Waals surface area (Å²) in [6.07, 6.45) is 10.3. The van der Waals surface area contributed by atoms with Gasteiger partial charge in [0, 0.05) is 0 Å². The molecule has 3 N–H and O–H groups in total. The van der Waals surface area contributed by atoms with E-state index in [1.165, 1.54) is 38.5 Å². The Morgan fingerprint density at radius 3 is 2.55 bits per heavy atom. The summed E-state index contributed by atoms with van der Waals surface area (Å²) in [5.74, 6) is 0. The molecule has 1 aliphatic heterocycles. The first kappa shape index (κ1) is 19.4. The van der Waals surface area contributed by atoms with E-state index in [0.29, 0.717) is 0 Å². The zero-order valence-corrected chi connectivity index (χ0v) is 13.7. The fraction of sp³-hybridized carbons (Fsp3) is 0.882.